The minimum absolute atomic E-state index is 0.0700. The van der Waals surface area contributed by atoms with Crippen LogP contribution in [0.4, 0.5) is 4.39 Å². The van der Waals surface area contributed by atoms with Crippen LogP contribution in [0.25, 0.3) is 5.57 Å². The van der Waals surface area contributed by atoms with Crippen LogP contribution in [-0.2, 0) is 6.42 Å². The second-order valence-electron chi connectivity index (χ2n) is 4.76. The van der Waals surface area contributed by atoms with E-state index in [4.69, 9.17) is 17.2 Å². The first-order valence-electron chi connectivity index (χ1n) is 6.34. The Kier molecular flexibility index (Phi) is 4.02. The molecule has 0 heterocycles. The lowest BCUT2D eigenvalue weighted by Crippen LogP contribution is -2.26. The molecule has 0 bridgehead atoms. The molecule has 0 aromatic heterocycles. The molecule has 0 unspecified atom stereocenters. The van der Waals surface area contributed by atoms with Crippen LogP contribution in [0, 0.1) is 5.82 Å². The third kappa shape index (κ3) is 3.14. The van der Waals surface area contributed by atoms with E-state index < -0.39 is 0 Å². The number of benzene rings is 1. The maximum Gasteiger partial charge on any atom is 0.218 e. The Morgan fingerprint density at radius 3 is 2.75 bits per heavy atom. The van der Waals surface area contributed by atoms with Crippen molar-refractivity contribution < 1.29 is 4.39 Å². The molecule has 0 atom stereocenters. The van der Waals surface area contributed by atoms with Crippen molar-refractivity contribution in [2.75, 3.05) is 6.54 Å². The van der Waals surface area contributed by atoms with Gasteiger partial charge in [0.1, 0.15) is 5.82 Å². The summed E-state index contributed by atoms with van der Waals surface area (Å²) in [6.07, 6.45) is 1.51. The van der Waals surface area contributed by atoms with Crippen molar-refractivity contribution in [1.82, 2.24) is 0 Å². The number of aliphatic imine (C=N–C) groups is 2. The van der Waals surface area contributed by atoms with E-state index >= 15 is 0 Å². The Hall–Kier alpha value is -2.37. The summed E-state index contributed by atoms with van der Waals surface area (Å²) in [5.41, 5.74) is 20.5. The molecular formula is C14H18FN5. The van der Waals surface area contributed by atoms with Gasteiger partial charge in [-0.15, -0.1) is 0 Å². The van der Waals surface area contributed by atoms with Gasteiger partial charge in [-0.25, -0.2) is 4.39 Å². The monoisotopic (exact) mass is 275 g/mol. The molecule has 0 aliphatic heterocycles. The highest BCUT2D eigenvalue weighted by Crippen LogP contribution is 2.35. The second-order valence-corrected chi connectivity index (χ2v) is 4.76. The molecule has 2 rings (SSSR count). The second kappa shape index (κ2) is 5.73. The Balaban J connectivity index is 2.08. The molecule has 106 valence electrons. The highest BCUT2D eigenvalue weighted by atomic mass is 19.1. The Labute approximate surface area is 117 Å². The lowest BCUT2D eigenvalue weighted by atomic mass is 10.0. The van der Waals surface area contributed by atoms with Crippen LogP contribution < -0.4 is 17.2 Å². The quantitative estimate of drug-likeness (QED) is 0.569. The average Bonchev–Trinajstić information content (AvgIpc) is 2.64. The number of guanidine groups is 2. The highest BCUT2D eigenvalue weighted by molar-refractivity contribution is 5.92. The minimum atomic E-state index is -0.201. The molecule has 0 fully saturated rings. The topological polar surface area (TPSA) is 103 Å². The van der Waals surface area contributed by atoms with Crippen LogP contribution in [0.5, 0.6) is 0 Å². The fourth-order valence-electron chi connectivity index (χ4n) is 2.42. The Bertz CT molecular complexity index is 612. The number of rotatable bonds is 3. The van der Waals surface area contributed by atoms with Gasteiger partial charge in [-0.1, -0.05) is 11.6 Å². The number of halogens is 1. The smallest absolute Gasteiger partial charge is 0.218 e. The lowest BCUT2D eigenvalue weighted by Gasteiger charge is -2.05. The molecule has 0 saturated heterocycles. The third-order valence-electron chi connectivity index (χ3n) is 3.24. The zero-order valence-corrected chi connectivity index (χ0v) is 11.4. The maximum absolute atomic E-state index is 13.2. The van der Waals surface area contributed by atoms with Gasteiger partial charge >= 0.3 is 0 Å². The van der Waals surface area contributed by atoms with Crippen molar-refractivity contribution in [3.8, 4) is 0 Å². The molecule has 1 aromatic rings. The molecule has 6 N–H and O–H groups in total. The number of hydrogen-bond donors (Lipinski definition) is 3. The van der Waals surface area contributed by atoms with Crippen molar-refractivity contribution in [1.29, 1.82) is 0 Å². The van der Waals surface area contributed by atoms with Gasteiger partial charge in [0.25, 0.3) is 0 Å². The van der Waals surface area contributed by atoms with E-state index in [-0.39, 0.29) is 17.7 Å². The third-order valence-corrected chi connectivity index (χ3v) is 3.24. The van der Waals surface area contributed by atoms with E-state index in [1.54, 1.807) is 6.07 Å². The largest absolute Gasteiger partial charge is 0.370 e. The fourth-order valence-corrected chi connectivity index (χ4v) is 2.42. The first-order chi connectivity index (χ1) is 9.47. The first-order valence-corrected chi connectivity index (χ1v) is 6.34. The summed E-state index contributed by atoms with van der Waals surface area (Å²) in [6.45, 7) is 2.54. The van der Waals surface area contributed by atoms with Crippen LogP contribution in [0.15, 0.2) is 33.8 Å². The SMILES string of the molecule is CC1=C(CCN=C(N)N=C(N)N)c2ccc(F)cc2C1. The summed E-state index contributed by atoms with van der Waals surface area (Å²) in [5, 5.41) is 0. The number of nitrogens with two attached hydrogens (primary N) is 3. The Morgan fingerprint density at radius 2 is 2.05 bits per heavy atom. The number of fused-ring (bicyclic) bond motifs is 1. The summed E-state index contributed by atoms with van der Waals surface area (Å²) in [7, 11) is 0. The number of allylic oxidation sites excluding steroid dienone is 1. The average molecular weight is 275 g/mol. The maximum atomic E-state index is 13.2. The van der Waals surface area contributed by atoms with E-state index in [9.17, 15) is 4.39 Å². The molecule has 0 spiro atoms. The van der Waals surface area contributed by atoms with Gasteiger partial charge in [0, 0.05) is 6.54 Å². The van der Waals surface area contributed by atoms with Gasteiger partial charge in [0.05, 0.1) is 0 Å². The highest BCUT2D eigenvalue weighted by Gasteiger charge is 2.18. The lowest BCUT2D eigenvalue weighted by molar-refractivity contribution is 0.626. The fraction of sp³-hybridized carbons (Fsp3) is 0.286. The molecule has 0 radical (unpaired) electrons. The van der Waals surface area contributed by atoms with Crippen molar-refractivity contribution in [3.05, 3.63) is 40.7 Å². The molecule has 0 saturated carbocycles. The summed E-state index contributed by atoms with van der Waals surface area (Å²) in [6, 6.07) is 4.89. The first kappa shape index (κ1) is 14.0. The molecule has 5 nitrogen and oxygen atoms in total. The molecule has 6 heteroatoms. The normalized spacial score (nSPS) is 14.4. The standard InChI is InChI=1S/C14H18FN5/c1-8-6-9-7-10(15)2-3-12(9)11(8)4-5-19-14(18)20-13(16)17/h2-3,7H,4-6H2,1H3,(H6,16,17,18,19,20). The van der Waals surface area contributed by atoms with Gasteiger partial charge in [-0.05, 0) is 48.6 Å². The van der Waals surface area contributed by atoms with E-state index in [1.807, 2.05) is 6.07 Å². The summed E-state index contributed by atoms with van der Waals surface area (Å²) >= 11 is 0. The van der Waals surface area contributed by atoms with Crippen LogP contribution in [0.3, 0.4) is 0 Å². The zero-order chi connectivity index (χ0) is 14.7. The van der Waals surface area contributed by atoms with Crippen molar-refractivity contribution in [2.24, 2.45) is 27.2 Å². The van der Waals surface area contributed by atoms with Crippen LogP contribution in [0.2, 0.25) is 0 Å². The van der Waals surface area contributed by atoms with Gasteiger partial charge in [0.15, 0.2) is 5.96 Å². The summed E-state index contributed by atoms with van der Waals surface area (Å²) in [5.74, 6) is -0.239. The molecular weight excluding hydrogens is 257 g/mol. The van der Waals surface area contributed by atoms with Gasteiger partial charge in [0.2, 0.25) is 5.96 Å². The van der Waals surface area contributed by atoms with Gasteiger partial charge < -0.3 is 17.2 Å². The number of nitrogens with zero attached hydrogens (tertiary/aromatic N) is 2. The van der Waals surface area contributed by atoms with E-state index in [2.05, 4.69) is 16.9 Å². The molecule has 1 aromatic carbocycles. The number of hydrogen-bond acceptors (Lipinski definition) is 1. The van der Waals surface area contributed by atoms with E-state index in [0.29, 0.717) is 6.54 Å². The summed E-state index contributed by atoms with van der Waals surface area (Å²) in [4.78, 5) is 7.74. The van der Waals surface area contributed by atoms with Gasteiger partial charge in [-0.3, -0.25) is 4.99 Å². The van der Waals surface area contributed by atoms with Crippen molar-refractivity contribution in [2.45, 2.75) is 19.8 Å². The summed E-state index contributed by atoms with van der Waals surface area (Å²) < 4.78 is 13.2. The molecule has 20 heavy (non-hydrogen) atoms. The molecule has 1 aliphatic carbocycles. The van der Waals surface area contributed by atoms with Gasteiger partial charge in [-0.2, -0.15) is 4.99 Å². The predicted molar refractivity (Wildman–Crippen MR) is 79.6 cm³/mol. The molecule has 1 aliphatic rings. The van der Waals surface area contributed by atoms with Crippen LogP contribution >= 0.6 is 0 Å². The zero-order valence-electron chi connectivity index (χ0n) is 11.4. The van der Waals surface area contributed by atoms with Crippen LogP contribution in [-0.4, -0.2) is 18.5 Å². The van der Waals surface area contributed by atoms with Crippen LogP contribution in [0.1, 0.15) is 24.5 Å². The van der Waals surface area contributed by atoms with Crippen molar-refractivity contribution in [3.63, 3.8) is 0 Å². The predicted octanol–water partition coefficient (Wildman–Crippen LogP) is 1.13. The van der Waals surface area contributed by atoms with E-state index in [0.717, 1.165) is 24.0 Å². The Morgan fingerprint density at radius 1 is 1.30 bits per heavy atom. The van der Waals surface area contributed by atoms with Crippen molar-refractivity contribution >= 4 is 17.5 Å². The molecule has 0 amide bonds. The minimum Gasteiger partial charge on any atom is -0.370 e. The van der Waals surface area contributed by atoms with E-state index in [1.165, 1.54) is 17.2 Å².